The minimum absolute atomic E-state index is 0.0475. The molecule has 18 heavy (non-hydrogen) atoms. The van der Waals surface area contributed by atoms with Gasteiger partial charge in [-0.3, -0.25) is 4.79 Å². The molecule has 1 unspecified atom stereocenters. The number of hydrogen-bond acceptors (Lipinski definition) is 3. The first-order valence-corrected chi connectivity index (χ1v) is 7.56. The molecule has 2 heterocycles. The van der Waals surface area contributed by atoms with Gasteiger partial charge in [-0.25, -0.2) is 0 Å². The fraction of sp³-hybridized carbons (Fsp3) is 0.643. The zero-order chi connectivity index (χ0) is 13.0. The molecule has 0 bridgehead atoms. The van der Waals surface area contributed by atoms with Gasteiger partial charge in [0.1, 0.15) is 0 Å². The van der Waals surface area contributed by atoms with E-state index < -0.39 is 0 Å². The summed E-state index contributed by atoms with van der Waals surface area (Å²) in [6, 6.07) is 2.06. The van der Waals surface area contributed by atoms with Crippen LogP contribution in [-0.2, 0) is 11.2 Å². The molecule has 1 aromatic heterocycles. The molecule has 1 saturated heterocycles. The normalized spacial score (nSPS) is 22.7. The van der Waals surface area contributed by atoms with Gasteiger partial charge >= 0.3 is 0 Å². The average molecular weight is 266 g/mol. The summed E-state index contributed by atoms with van der Waals surface area (Å²) in [6.45, 7) is 6.01. The molecule has 4 heteroatoms. The molecule has 3 nitrogen and oxygen atoms in total. The van der Waals surface area contributed by atoms with E-state index in [9.17, 15) is 4.79 Å². The van der Waals surface area contributed by atoms with E-state index in [2.05, 4.69) is 41.3 Å². The Morgan fingerprint density at radius 2 is 2.44 bits per heavy atom. The standard InChI is InChI=1S/C14H22N2OS/c1-14(2)6-3-7-15-12(14)13(17)16-8-4-11-5-9-18-10-11/h5,9-10,12,15H,3-4,6-8H2,1-2H3,(H,16,17). The maximum Gasteiger partial charge on any atom is 0.237 e. The number of thiophene rings is 1. The molecule has 1 fully saturated rings. The van der Waals surface area contributed by atoms with Crippen molar-refractivity contribution in [2.24, 2.45) is 5.41 Å². The van der Waals surface area contributed by atoms with Crippen molar-refractivity contribution in [3.8, 4) is 0 Å². The lowest BCUT2D eigenvalue weighted by Crippen LogP contribution is -2.55. The van der Waals surface area contributed by atoms with Crippen LogP contribution in [0.15, 0.2) is 16.8 Å². The molecule has 100 valence electrons. The highest BCUT2D eigenvalue weighted by Gasteiger charge is 2.36. The minimum atomic E-state index is -0.0475. The van der Waals surface area contributed by atoms with Crippen molar-refractivity contribution >= 4 is 17.2 Å². The van der Waals surface area contributed by atoms with Gasteiger partial charge in [0.05, 0.1) is 6.04 Å². The lowest BCUT2D eigenvalue weighted by molar-refractivity contribution is -0.126. The summed E-state index contributed by atoms with van der Waals surface area (Å²) in [6.07, 6.45) is 3.19. The zero-order valence-corrected chi connectivity index (χ0v) is 12.0. The fourth-order valence-corrected chi connectivity index (χ4v) is 3.23. The first-order chi connectivity index (χ1) is 8.59. The number of hydrogen-bond donors (Lipinski definition) is 2. The summed E-state index contributed by atoms with van der Waals surface area (Å²) >= 11 is 1.70. The Morgan fingerprint density at radius 3 is 3.11 bits per heavy atom. The van der Waals surface area contributed by atoms with Gasteiger partial charge in [-0.05, 0) is 53.6 Å². The van der Waals surface area contributed by atoms with Gasteiger partial charge in [0.2, 0.25) is 5.91 Å². The predicted octanol–water partition coefficient (Wildman–Crippen LogP) is 2.18. The highest BCUT2D eigenvalue weighted by molar-refractivity contribution is 7.07. The molecule has 0 saturated carbocycles. The lowest BCUT2D eigenvalue weighted by atomic mass is 9.77. The smallest absolute Gasteiger partial charge is 0.237 e. The van der Waals surface area contributed by atoms with E-state index in [0.717, 1.165) is 32.4 Å². The monoisotopic (exact) mass is 266 g/mol. The Kier molecular flexibility index (Phi) is 4.40. The molecule has 0 aliphatic carbocycles. The van der Waals surface area contributed by atoms with E-state index in [-0.39, 0.29) is 17.4 Å². The van der Waals surface area contributed by atoms with Gasteiger partial charge < -0.3 is 10.6 Å². The molecular formula is C14H22N2OS. The van der Waals surface area contributed by atoms with Crippen molar-refractivity contribution in [1.82, 2.24) is 10.6 Å². The fourth-order valence-electron chi connectivity index (χ4n) is 2.53. The number of amides is 1. The number of rotatable bonds is 4. The number of nitrogens with one attached hydrogen (secondary N) is 2. The van der Waals surface area contributed by atoms with Crippen molar-refractivity contribution in [3.05, 3.63) is 22.4 Å². The quantitative estimate of drug-likeness (QED) is 0.877. The maximum atomic E-state index is 12.2. The van der Waals surface area contributed by atoms with Crippen LogP contribution in [0.3, 0.4) is 0 Å². The molecule has 0 radical (unpaired) electrons. The summed E-state index contributed by atoms with van der Waals surface area (Å²) in [4.78, 5) is 12.2. The molecule has 0 aromatic carbocycles. The molecule has 1 aliphatic rings. The molecule has 1 amide bonds. The Balaban J connectivity index is 1.80. The molecular weight excluding hydrogens is 244 g/mol. The second-order valence-corrected chi connectivity index (χ2v) is 6.43. The summed E-state index contributed by atoms with van der Waals surface area (Å²) in [5, 5.41) is 10.6. The molecule has 2 rings (SSSR count). The number of piperidine rings is 1. The minimum Gasteiger partial charge on any atom is -0.354 e. The number of carbonyl (C=O) groups excluding carboxylic acids is 1. The zero-order valence-electron chi connectivity index (χ0n) is 11.2. The van der Waals surface area contributed by atoms with Crippen LogP contribution in [0.4, 0.5) is 0 Å². The van der Waals surface area contributed by atoms with Gasteiger partial charge in [0.25, 0.3) is 0 Å². The van der Waals surface area contributed by atoms with Crippen LogP contribution in [0.2, 0.25) is 0 Å². The third-order valence-corrected chi connectivity index (χ3v) is 4.42. The van der Waals surface area contributed by atoms with Crippen LogP contribution in [0.5, 0.6) is 0 Å². The first-order valence-electron chi connectivity index (χ1n) is 6.62. The Bertz CT molecular complexity index is 387. The van der Waals surface area contributed by atoms with Crippen LogP contribution < -0.4 is 10.6 Å². The van der Waals surface area contributed by atoms with Crippen molar-refractivity contribution in [1.29, 1.82) is 0 Å². The first kappa shape index (κ1) is 13.6. The van der Waals surface area contributed by atoms with Gasteiger partial charge in [-0.15, -0.1) is 0 Å². The molecule has 0 spiro atoms. The Hall–Kier alpha value is -0.870. The number of carbonyl (C=O) groups is 1. The van der Waals surface area contributed by atoms with Crippen molar-refractivity contribution in [3.63, 3.8) is 0 Å². The van der Waals surface area contributed by atoms with Crippen LogP contribution in [0, 0.1) is 5.41 Å². The third kappa shape index (κ3) is 3.33. The third-order valence-electron chi connectivity index (χ3n) is 3.68. The van der Waals surface area contributed by atoms with Gasteiger partial charge in [0, 0.05) is 6.54 Å². The Morgan fingerprint density at radius 1 is 1.61 bits per heavy atom. The highest BCUT2D eigenvalue weighted by Crippen LogP contribution is 2.30. The van der Waals surface area contributed by atoms with Gasteiger partial charge in [0.15, 0.2) is 0 Å². The maximum absolute atomic E-state index is 12.2. The topological polar surface area (TPSA) is 41.1 Å². The summed E-state index contributed by atoms with van der Waals surface area (Å²) in [7, 11) is 0. The summed E-state index contributed by atoms with van der Waals surface area (Å²) in [5.41, 5.74) is 1.36. The van der Waals surface area contributed by atoms with Gasteiger partial charge in [-0.2, -0.15) is 11.3 Å². The largest absolute Gasteiger partial charge is 0.354 e. The van der Waals surface area contributed by atoms with E-state index in [1.54, 1.807) is 11.3 Å². The molecule has 1 atom stereocenters. The summed E-state index contributed by atoms with van der Waals surface area (Å²) in [5.74, 6) is 0.148. The van der Waals surface area contributed by atoms with E-state index in [4.69, 9.17) is 0 Å². The van der Waals surface area contributed by atoms with Gasteiger partial charge in [-0.1, -0.05) is 13.8 Å². The van der Waals surface area contributed by atoms with Crippen molar-refractivity contribution < 1.29 is 4.79 Å². The Labute approximate surface area is 113 Å². The second-order valence-electron chi connectivity index (χ2n) is 5.65. The van der Waals surface area contributed by atoms with Crippen molar-refractivity contribution in [2.45, 2.75) is 39.2 Å². The highest BCUT2D eigenvalue weighted by atomic mass is 32.1. The van der Waals surface area contributed by atoms with Crippen LogP contribution in [-0.4, -0.2) is 25.0 Å². The van der Waals surface area contributed by atoms with Crippen LogP contribution in [0.25, 0.3) is 0 Å². The van der Waals surface area contributed by atoms with Crippen LogP contribution >= 0.6 is 11.3 Å². The van der Waals surface area contributed by atoms with E-state index >= 15 is 0 Å². The molecule has 1 aliphatic heterocycles. The second kappa shape index (κ2) is 5.85. The predicted molar refractivity (Wildman–Crippen MR) is 75.8 cm³/mol. The van der Waals surface area contributed by atoms with Crippen molar-refractivity contribution in [2.75, 3.05) is 13.1 Å². The van der Waals surface area contributed by atoms with E-state index in [1.165, 1.54) is 5.56 Å². The lowest BCUT2D eigenvalue weighted by Gasteiger charge is -2.38. The average Bonchev–Trinajstić information content (AvgIpc) is 2.81. The SMILES string of the molecule is CC1(C)CCCNC1C(=O)NCCc1ccsc1. The van der Waals surface area contributed by atoms with Crippen LogP contribution in [0.1, 0.15) is 32.3 Å². The summed E-state index contributed by atoms with van der Waals surface area (Å²) < 4.78 is 0. The molecule has 2 N–H and O–H groups in total. The molecule has 1 aromatic rings. The van der Waals surface area contributed by atoms with E-state index in [0.29, 0.717) is 0 Å². The van der Waals surface area contributed by atoms with E-state index in [1.807, 2.05) is 0 Å².